The molecule has 3 aromatic rings. The van der Waals surface area contributed by atoms with Gasteiger partial charge >= 0.3 is 0 Å². The van der Waals surface area contributed by atoms with E-state index in [4.69, 9.17) is 9.72 Å². The summed E-state index contributed by atoms with van der Waals surface area (Å²) in [5, 5.41) is 3.06. The van der Waals surface area contributed by atoms with Gasteiger partial charge in [0, 0.05) is 17.3 Å². The Morgan fingerprint density at radius 2 is 2.12 bits per heavy atom. The summed E-state index contributed by atoms with van der Waals surface area (Å²) in [5.74, 6) is 1.17. The third-order valence-electron chi connectivity index (χ3n) is 4.98. The van der Waals surface area contributed by atoms with E-state index in [1.165, 1.54) is 12.8 Å². The number of nitrogens with one attached hydrogen (secondary N) is 1. The van der Waals surface area contributed by atoms with Gasteiger partial charge in [0.05, 0.1) is 12.8 Å². The fraction of sp³-hybridized carbons (Fsp3) is 0.350. The smallest absolute Gasteiger partial charge is 0.274 e. The molecular weight excluding hydrogens is 328 g/mol. The highest BCUT2D eigenvalue weighted by Gasteiger charge is 2.30. The maximum absolute atomic E-state index is 12.7. The number of amides is 1. The predicted octanol–water partition coefficient (Wildman–Crippen LogP) is 3.24. The molecule has 2 aromatic heterocycles. The van der Waals surface area contributed by atoms with Crippen LogP contribution < -0.4 is 10.1 Å². The monoisotopic (exact) mass is 350 g/mol. The Hall–Kier alpha value is -2.89. The van der Waals surface area contributed by atoms with Crippen molar-refractivity contribution in [2.75, 3.05) is 7.11 Å². The van der Waals surface area contributed by atoms with Gasteiger partial charge in [0.15, 0.2) is 11.3 Å². The molecule has 0 aliphatic heterocycles. The Balaban J connectivity index is 1.76. The van der Waals surface area contributed by atoms with Crippen molar-refractivity contribution in [2.45, 2.75) is 32.7 Å². The van der Waals surface area contributed by atoms with E-state index in [1.807, 2.05) is 48.6 Å². The maximum Gasteiger partial charge on any atom is 0.274 e. The van der Waals surface area contributed by atoms with Gasteiger partial charge in [-0.2, -0.15) is 0 Å². The molecule has 1 N–H and O–H groups in total. The van der Waals surface area contributed by atoms with E-state index in [1.54, 1.807) is 13.4 Å². The Morgan fingerprint density at radius 1 is 1.35 bits per heavy atom. The average molecular weight is 350 g/mol. The first-order chi connectivity index (χ1) is 12.6. The van der Waals surface area contributed by atoms with Gasteiger partial charge in [0.2, 0.25) is 0 Å². The summed E-state index contributed by atoms with van der Waals surface area (Å²) < 4.78 is 7.30. The van der Waals surface area contributed by atoms with Gasteiger partial charge in [-0.1, -0.05) is 12.1 Å². The van der Waals surface area contributed by atoms with E-state index in [9.17, 15) is 4.79 Å². The number of methoxy groups -OCH3 is 1. The number of fused-ring (bicyclic) bond motifs is 1. The van der Waals surface area contributed by atoms with Crippen LogP contribution in [0.2, 0.25) is 0 Å². The molecular formula is C20H22N4O2. The minimum absolute atomic E-state index is 0.165. The second-order valence-corrected chi connectivity index (χ2v) is 6.87. The highest BCUT2D eigenvalue weighted by Crippen LogP contribution is 2.32. The molecule has 1 atom stereocenters. The zero-order chi connectivity index (χ0) is 18.3. The first-order valence-corrected chi connectivity index (χ1v) is 8.87. The van der Waals surface area contributed by atoms with Crippen LogP contribution >= 0.6 is 0 Å². The Kier molecular flexibility index (Phi) is 4.11. The number of rotatable bonds is 5. The summed E-state index contributed by atoms with van der Waals surface area (Å²) in [5.41, 5.74) is 3.53. The van der Waals surface area contributed by atoms with E-state index >= 15 is 0 Å². The number of benzene rings is 1. The lowest BCUT2D eigenvalue weighted by Crippen LogP contribution is -2.34. The van der Waals surface area contributed by atoms with Gasteiger partial charge in [-0.3, -0.25) is 9.20 Å². The third kappa shape index (κ3) is 2.92. The number of imidazole rings is 1. The van der Waals surface area contributed by atoms with Gasteiger partial charge in [0.1, 0.15) is 12.1 Å². The van der Waals surface area contributed by atoms with E-state index in [0.29, 0.717) is 17.3 Å². The third-order valence-corrected chi connectivity index (χ3v) is 4.98. The first-order valence-electron chi connectivity index (χ1n) is 8.87. The number of ether oxygens (including phenoxy) is 1. The van der Waals surface area contributed by atoms with Gasteiger partial charge < -0.3 is 10.1 Å². The van der Waals surface area contributed by atoms with Crippen molar-refractivity contribution in [2.24, 2.45) is 5.92 Å². The van der Waals surface area contributed by atoms with E-state index in [0.717, 1.165) is 22.7 Å². The number of aromatic nitrogens is 3. The lowest BCUT2D eigenvalue weighted by atomic mass is 10.1. The second-order valence-electron chi connectivity index (χ2n) is 6.87. The normalized spacial score (nSPS) is 15.0. The van der Waals surface area contributed by atoms with Gasteiger partial charge in [-0.25, -0.2) is 9.97 Å². The standard InChI is InChI=1S/C20H22N4O2/c1-12-10-16(15-6-4-5-7-17(15)26-3)23-19-18(21-11-24(12)19)20(25)22-13(2)14-8-9-14/h4-7,10-11,13-14H,8-9H2,1-3H3,(H,22,25)/t13-/m0/s1. The number of hydrogen-bond acceptors (Lipinski definition) is 4. The number of nitrogens with zero attached hydrogens (tertiary/aromatic N) is 3. The van der Waals surface area contributed by atoms with Crippen LogP contribution in [0.4, 0.5) is 0 Å². The molecule has 6 nitrogen and oxygen atoms in total. The number of carbonyl (C=O) groups is 1. The minimum atomic E-state index is -0.170. The number of para-hydroxylation sites is 1. The minimum Gasteiger partial charge on any atom is -0.496 e. The van der Waals surface area contributed by atoms with Crippen molar-refractivity contribution in [3.8, 4) is 17.0 Å². The number of aryl methyl sites for hydroxylation is 1. The highest BCUT2D eigenvalue weighted by molar-refractivity contribution is 5.98. The summed E-state index contributed by atoms with van der Waals surface area (Å²) in [4.78, 5) is 21.7. The summed E-state index contributed by atoms with van der Waals surface area (Å²) in [6.07, 6.45) is 4.02. The van der Waals surface area contributed by atoms with Crippen molar-refractivity contribution in [3.63, 3.8) is 0 Å². The maximum atomic E-state index is 12.7. The molecule has 6 heteroatoms. The van der Waals surface area contributed by atoms with Crippen LogP contribution in [-0.4, -0.2) is 33.4 Å². The van der Waals surface area contributed by atoms with Crippen LogP contribution in [0.3, 0.4) is 0 Å². The molecule has 1 saturated carbocycles. The Labute approximate surface area is 152 Å². The summed E-state index contributed by atoms with van der Waals surface area (Å²) in [6.45, 7) is 4.02. The molecule has 0 spiro atoms. The lowest BCUT2D eigenvalue weighted by Gasteiger charge is -2.12. The topological polar surface area (TPSA) is 68.5 Å². The van der Waals surface area contributed by atoms with Crippen LogP contribution in [0.1, 0.15) is 35.9 Å². The molecule has 0 radical (unpaired) electrons. The van der Waals surface area contributed by atoms with Crippen molar-refractivity contribution >= 4 is 11.6 Å². The zero-order valence-corrected chi connectivity index (χ0v) is 15.2. The average Bonchev–Trinajstić information content (AvgIpc) is 3.41. The van der Waals surface area contributed by atoms with Crippen molar-refractivity contribution in [1.82, 2.24) is 19.7 Å². The molecule has 2 heterocycles. The number of carbonyl (C=O) groups excluding carboxylic acids is 1. The van der Waals surface area contributed by atoms with E-state index < -0.39 is 0 Å². The van der Waals surface area contributed by atoms with Crippen molar-refractivity contribution < 1.29 is 9.53 Å². The Morgan fingerprint density at radius 3 is 2.85 bits per heavy atom. The predicted molar refractivity (Wildman–Crippen MR) is 99.4 cm³/mol. The fourth-order valence-corrected chi connectivity index (χ4v) is 3.26. The van der Waals surface area contributed by atoms with E-state index in [-0.39, 0.29) is 11.9 Å². The fourth-order valence-electron chi connectivity index (χ4n) is 3.26. The van der Waals surface area contributed by atoms with Crippen LogP contribution in [0.15, 0.2) is 36.7 Å². The van der Waals surface area contributed by atoms with Gasteiger partial charge in [0.25, 0.3) is 5.91 Å². The lowest BCUT2D eigenvalue weighted by molar-refractivity contribution is 0.0933. The molecule has 4 rings (SSSR count). The second kappa shape index (κ2) is 6.44. The largest absolute Gasteiger partial charge is 0.496 e. The molecule has 26 heavy (non-hydrogen) atoms. The molecule has 134 valence electrons. The van der Waals surface area contributed by atoms with Crippen molar-refractivity contribution in [3.05, 3.63) is 48.0 Å². The first kappa shape index (κ1) is 16.6. The molecule has 1 fully saturated rings. The molecule has 1 amide bonds. The van der Waals surface area contributed by atoms with Crippen LogP contribution in [0.25, 0.3) is 16.9 Å². The van der Waals surface area contributed by atoms with Crippen LogP contribution in [-0.2, 0) is 0 Å². The molecule has 1 aromatic carbocycles. The van der Waals surface area contributed by atoms with E-state index in [2.05, 4.69) is 10.3 Å². The number of hydrogen-bond donors (Lipinski definition) is 1. The molecule has 1 aliphatic carbocycles. The van der Waals surface area contributed by atoms with Crippen LogP contribution in [0, 0.1) is 12.8 Å². The molecule has 1 aliphatic rings. The zero-order valence-electron chi connectivity index (χ0n) is 15.2. The summed E-state index contributed by atoms with van der Waals surface area (Å²) >= 11 is 0. The quantitative estimate of drug-likeness (QED) is 0.767. The molecule has 0 unspecified atom stereocenters. The summed E-state index contributed by atoms with van der Waals surface area (Å²) in [6, 6.07) is 9.87. The van der Waals surface area contributed by atoms with Gasteiger partial charge in [-0.15, -0.1) is 0 Å². The summed E-state index contributed by atoms with van der Waals surface area (Å²) in [7, 11) is 1.64. The van der Waals surface area contributed by atoms with Crippen LogP contribution in [0.5, 0.6) is 5.75 Å². The Bertz CT molecular complexity index is 975. The highest BCUT2D eigenvalue weighted by atomic mass is 16.5. The SMILES string of the molecule is COc1ccccc1-c1cc(C)n2cnc(C(=O)N[C@@H](C)C3CC3)c2n1. The van der Waals surface area contributed by atoms with Crippen molar-refractivity contribution in [1.29, 1.82) is 0 Å². The van der Waals surface area contributed by atoms with Gasteiger partial charge in [-0.05, 0) is 50.8 Å². The molecule has 0 bridgehead atoms. The molecule has 0 saturated heterocycles.